The van der Waals surface area contributed by atoms with Crippen LogP contribution in [0.2, 0.25) is 5.15 Å². The largest absolute Gasteiger partial charge is 0.444 e. The summed E-state index contributed by atoms with van der Waals surface area (Å²) in [7, 11) is 0. The fraction of sp³-hybridized carbons (Fsp3) is 0.562. The van der Waals surface area contributed by atoms with E-state index in [1.165, 1.54) is 6.07 Å². The molecule has 0 spiro atoms. The number of nitrogens with zero attached hydrogens (tertiary/aromatic N) is 2. The van der Waals surface area contributed by atoms with E-state index in [0.717, 1.165) is 12.8 Å². The smallest absolute Gasteiger partial charge is 0.407 e. The normalized spacial score (nSPS) is 15.6. The number of carbonyl (C=O) groups is 2. The van der Waals surface area contributed by atoms with Crippen molar-refractivity contribution in [1.29, 1.82) is 0 Å². The minimum absolute atomic E-state index is 0.0390. The second-order valence-electron chi connectivity index (χ2n) is 6.92. The molecule has 1 aliphatic rings. The number of hydrogen-bond acceptors (Lipinski definition) is 6. The highest BCUT2D eigenvalue weighted by Crippen LogP contribution is 2.22. The number of nitrogens with two attached hydrogens (primary N) is 1. The highest BCUT2D eigenvalue weighted by molar-refractivity contribution is 6.29. The number of rotatable bonds is 3. The minimum Gasteiger partial charge on any atom is -0.444 e. The Morgan fingerprint density at radius 2 is 1.96 bits per heavy atom. The molecular formula is C16H24ClN5O3. The highest BCUT2D eigenvalue weighted by Gasteiger charge is 2.24. The van der Waals surface area contributed by atoms with Crippen LogP contribution in [-0.2, 0) is 4.74 Å². The maximum Gasteiger partial charge on any atom is 0.407 e. The summed E-state index contributed by atoms with van der Waals surface area (Å²) in [6.07, 6.45) is 1.08. The molecular weight excluding hydrogens is 346 g/mol. The summed E-state index contributed by atoms with van der Waals surface area (Å²) in [5.41, 5.74) is 1.92. The summed E-state index contributed by atoms with van der Waals surface area (Å²) in [5.74, 6) is 5.35. The molecule has 1 fully saturated rings. The van der Waals surface area contributed by atoms with Crippen LogP contribution in [0.5, 0.6) is 0 Å². The highest BCUT2D eigenvalue weighted by atomic mass is 35.5. The van der Waals surface area contributed by atoms with Crippen LogP contribution in [0.3, 0.4) is 0 Å². The molecule has 2 heterocycles. The van der Waals surface area contributed by atoms with Crippen LogP contribution in [0.4, 0.5) is 10.6 Å². The van der Waals surface area contributed by atoms with Crippen LogP contribution in [-0.4, -0.2) is 41.7 Å². The second kappa shape index (κ2) is 7.88. The number of piperidine rings is 1. The van der Waals surface area contributed by atoms with E-state index in [1.54, 1.807) is 6.07 Å². The van der Waals surface area contributed by atoms with Crippen molar-refractivity contribution >= 4 is 29.4 Å². The molecule has 0 saturated carbocycles. The Bertz CT molecular complexity index is 639. The number of hydrazine groups is 1. The molecule has 2 amide bonds. The molecule has 0 aliphatic carbocycles. The van der Waals surface area contributed by atoms with Crippen molar-refractivity contribution in [2.45, 2.75) is 45.3 Å². The van der Waals surface area contributed by atoms with Crippen LogP contribution in [0.1, 0.15) is 44.0 Å². The van der Waals surface area contributed by atoms with Crippen molar-refractivity contribution < 1.29 is 14.3 Å². The van der Waals surface area contributed by atoms with Crippen molar-refractivity contribution in [3.8, 4) is 0 Å². The van der Waals surface area contributed by atoms with Crippen LogP contribution in [0.15, 0.2) is 12.1 Å². The standard InChI is InChI=1S/C16H24ClN5O3/c1-16(2,3)25-15(24)19-11-4-6-22(7-5-11)13-9-10(14(23)21-18)8-12(17)20-13/h8-9,11H,4-7,18H2,1-3H3,(H,19,24)(H,21,23). The third kappa shape index (κ3) is 5.75. The van der Waals surface area contributed by atoms with Crippen LogP contribution in [0, 0.1) is 0 Å². The lowest BCUT2D eigenvalue weighted by atomic mass is 10.1. The van der Waals surface area contributed by atoms with E-state index in [-0.39, 0.29) is 11.2 Å². The fourth-order valence-electron chi connectivity index (χ4n) is 2.59. The van der Waals surface area contributed by atoms with Crippen LogP contribution < -0.4 is 21.5 Å². The molecule has 0 atom stereocenters. The second-order valence-corrected chi connectivity index (χ2v) is 7.31. The van der Waals surface area contributed by atoms with Gasteiger partial charge in [0.15, 0.2) is 0 Å². The molecule has 138 valence electrons. The van der Waals surface area contributed by atoms with Gasteiger partial charge in [-0.05, 0) is 45.7 Å². The average molecular weight is 370 g/mol. The molecule has 4 N–H and O–H groups in total. The number of pyridine rings is 1. The number of aromatic nitrogens is 1. The lowest BCUT2D eigenvalue weighted by Gasteiger charge is -2.33. The predicted octanol–water partition coefficient (Wildman–Crippen LogP) is 1.83. The number of amides is 2. The Hall–Kier alpha value is -2.06. The minimum atomic E-state index is -0.518. The summed E-state index contributed by atoms with van der Waals surface area (Å²) in [6.45, 7) is 6.84. The first-order valence-corrected chi connectivity index (χ1v) is 8.49. The Morgan fingerprint density at radius 3 is 2.52 bits per heavy atom. The van der Waals surface area contributed by atoms with Gasteiger partial charge in [-0.15, -0.1) is 0 Å². The molecule has 0 aromatic carbocycles. The van der Waals surface area contributed by atoms with Crippen LogP contribution in [0.25, 0.3) is 0 Å². The van der Waals surface area contributed by atoms with E-state index >= 15 is 0 Å². The van der Waals surface area contributed by atoms with Crippen LogP contribution >= 0.6 is 11.6 Å². The average Bonchev–Trinajstić information content (AvgIpc) is 2.52. The molecule has 0 bridgehead atoms. The number of alkyl carbamates (subject to hydrolysis) is 1. The summed E-state index contributed by atoms with van der Waals surface area (Å²) in [4.78, 5) is 29.8. The molecule has 1 saturated heterocycles. The van der Waals surface area contributed by atoms with Gasteiger partial charge in [-0.25, -0.2) is 15.6 Å². The molecule has 2 rings (SSSR count). The third-order valence-corrected chi connectivity index (χ3v) is 3.91. The van der Waals surface area contributed by atoms with Gasteiger partial charge >= 0.3 is 6.09 Å². The van der Waals surface area contributed by atoms with E-state index in [0.29, 0.717) is 24.5 Å². The first kappa shape index (κ1) is 19.3. The number of hydrogen-bond donors (Lipinski definition) is 3. The molecule has 25 heavy (non-hydrogen) atoms. The van der Waals surface area contributed by atoms with Gasteiger partial charge < -0.3 is 15.0 Å². The van der Waals surface area contributed by atoms with Gasteiger partial charge in [-0.2, -0.15) is 0 Å². The van der Waals surface area contributed by atoms with Crippen molar-refractivity contribution in [3.05, 3.63) is 22.8 Å². The summed E-state index contributed by atoms with van der Waals surface area (Å²) >= 11 is 6.00. The van der Waals surface area contributed by atoms with Gasteiger partial charge in [-0.1, -0.05) is 11.6 Å². The number of anilines is 1. The van der Waals surface area contributed by atoms with Gasteiger partial charge in [-0.3, -0.25) is 10.2 Å². The Balaban J connectivity index is 1.95. The molecule has 1 aliphatic heterocycles. The number of halogens is 1. The first-order valence-electron chi connectivity index (χ1n) is 8.11. The van der Waals surface area contributed by atoms with Crippen molar-refractivity contribution in [1.82, 2.24) is 15.7 Å². The van der Waals surface area contributed by atoms with Gasteiger partial charge in [0.25, 0.3) is 5.91 Å². The van der Waals surface area contributed by atoms with Crippen molar-refractivity contribution in [2.24, 2.45) is 5.84 Å². The Labute approximate surface area is 152 Å². The fourth-order valence-corrected chi connectivity index (χ4v) is 2.79. The molecule has 0 radical (unpaired) electrons. The molecule has 1 aromatic rings. The van der Waals surface area contributed by atoms with Gasteiger partial charge in [0, 0.05) is 24.7 Å². The molecule has 1 aromatic heterocycles. The molecule has 9 heteroatoms. The van der Waals surface area contributed by atoms with Gasteiger partial charge in [0.05, 0.1) is 0 Å². The zero-order chi connectivity index (χ0) is 18.6. The summed E-state index contributed by atoms with van der Waals surface area (Å²) in [5, 5.41) is 3.11. The van der Waals surface area contributed by atoms with E-state index in [1.807, 2.05) is 25.7 Å². The number of nitrogen functional groups attached to an aromatic ring is 1. The predicted molar refractivity (Wildman–Crippen MR) is 95.5 cm³/mol. The number of nitrogens with one attached hydrogen (secondary N) is 2. The topological polar surface area (TPSA) is 110 Å². The first-order chi connectivity index (χ1) is 11.7. The van der Waals surface area contributed by atoms with E-state index in [9.17, 15) is 9.59 Å². The van der Waals surface area contributed by atoms with E-state index in [4.69, 9.17) is 22.2 Å². The monoisotopic (exact) mass is 369 g/mol. The van der Waals surface area contributed by atoms with Gasteiger partial charge in [0.1, 0.15) is 16.6 Å². The van der Waals surface area contributed by atoms with Gasteiger partial charge in [0.2, 0.25) is 0 Å². The van der Waals surface area contributed by atoms with Crippen molar-refractivity contribution in [3.63, 3.8) is 0 Å². The quantitative estimate of drug-likeness (QED) is 0.324. The third-order valence-electron chi connectivity index (χ3n) is 3.71. The van der Waals surface area contributed by atoms with E-state index in [2.05, 4.69) is 15.7 Å². The Morgan fingerprint density at radius 1 is 1.32 bits per heavy atom. The molecule has 8 nitrogen and oxygen atoms in total. The number of carbonyl (C=O) groups excluding carboxylic acids is 2. The van der Waals surface area contributed by atoms with Crippen molar-refractivity contribution in [2.75, 3.05) is 18.0 Å². The maximum absolute atomic E-state index is 11.8. The molecule has 0 unspecified atom stereocenters. The lowest BCUT2D eigenvalue weighted by molar-refractivity contribution is 0.0497. The van der Waals surface area contributed by atoms with E-state index < -0.39 is 17.6 Å². The zero-order valence-corrected chi connectivity index (χ0v) is 15.4. The summed E-state index contributed by atoms with van der Waals surface area (Å²) in [6, 6.07) is 3.15. The summed E-state index contributed by atoms with van der Waals surface area (Å²) < 4.78 is 5.27. The SMILES string of the molecule is CC(C)(C)OC(=O)NC1CCN(c2cc(C(=O)NN)cc(Cl)n2)CC1. The maximum atomic E-state index is 11.8. The Kier molecular flexibility index (Phi) is 6.07. The lowest BCUT2D eigenvalue weighted by Crippen LogP contribution is -2.46. The number of ether oxygens (including phenoxy) is 1. The zero-order valence-electron chi connectivity index (χ0n) is 14.6.